The first-order valence-corrected chi connectivity index (χ1v) is 4.22. The highest BCUT2D eigenvalue weighted by Gasteiger charge is 2.22. The second-order valence-corrected chi connectivity index (χ2v) is 3.21. The van der Waals surface area contributed by atoms with Crippen molar-refractivity contribution in [1.29, 1.82) is 0 Å². The molecule has 0 N–H and O–H groups in total. The smallest absolute Gasteiger partial charge is 0.267 e. The van der Waals surface area contributed by atoms with Crippen LogP contribution in [0.3, 0.4) is 0 Å². The molecule has 0 atom stereocenters. The first-order chi connectivity index (χ1) is 5.38. The van der Waals surface area contributed by atoms with E-state index in [4.69, 9.17) is 0 Å². The van der Waals surface area contributed by atoms with Gasteiger partial charge in [0.2, 0.25) is 0 Å². The summed E-state index contributed by atoms with van der Waals surface area (Å²) in [4.78, 5) is 13.8. The molecule has 58 valence electrons. The van der Waals surface area contributed by atoms with Gasteiger partial charge >= 0.3 is 0 Å². The fourth-order valence-corrected chi connectivity index (χ4v) is 1.42. The van der Waals surface area contributed by atoms with Gasteiger partial charge in [-0.15, -0.1) is 5.10 Å². The van der Waals surface area contributed by atoms with Crippen LogP contribution >= 0.6 is 11.5 Å². The third-order valence-electron chi connectivity index (χ3n) is 1.72. The van der Waals surface area contributed by atoms with E-state index in [2.05, 4.69) is 9.59 Å². The average Bonchev–Trinajstić information content (AvgIpc) is 2.32. The van der Waals surface area contributed by atoms with Crippen LogP contribution in [0.2, 0.25) is 0 Å². The monoisotopic (exact) mass is 169 g/mol. The third-order valence-corrected chi connectivity index (χ3v) is 2.37. The van der Waals surface area contributed by atoms with E-state index < -0.39 is 0 Å². The zero-order valence-electron chi connectivity index (χ0n) is 5.86. The molecule has 2 rings (SSSR count). The quantitative estimate of drug-likeness (QED) is 0.610. The highest BCUT2D eigenvalue weighted by molar-refractivity contribution is 7.07. The molecule has 1 saturated heterocycles. The minimum atomic E-state index is 0.0752. The molecule has 0 unspecified atom stereocenters. The molecule has 2 heterocycles. The molecule has 0 saturated carbocycles. The highest BCUT2D eigenvalue weighted by atomic mass is 32.1. The number of amides is 1. The van der Waals surface area contributed by atoms with Crippen LogP contribution in [0.5, 0.6) is 0 Å². The second kappa shape index (κ2) is 2.58. The zero-order valence-corrected chi connectivity index (χ0v) is 6.67. The van der Waals surface area contributed by atoms with E-state index in [0.29, 0.717) is 4.88 Å². The van der Waals surface area contributed by atoms with Crippen molar-refractivity contribution < 1.29 is 4.79 Å². The number of carbonyl (C=O) groups is 1. The predicted molar refractivity (Wildman–Crippen MR) is 40.4 cm³/mol. The molecular formula is C6H7N3OS. The summed E-state index contributed by atoms with van der Waals surface area (Å²) in [5.74, 6) is 0.0752. The Kier molecular flexibility index (Phi) is 1.58. The Labute approximate surface area is 68.0 Å². The Balaban J connectivity index is 2.10. The lowest BCUT2D eigenvalue weighted by Gasteiger charge is -2.29. The van der Waals surface area contributed by atoms with Crippen molar-refractivity contribution in [3.8, 4) is 0 Å². The lowest BCUT2D eigenvalue weighted by atomic mass is 10.2. The molecule has 0 radical (unpaired) electrons. The molecular weight excluding hydrogens is 162 g/mol. The van der Waals surface area contributed by atoms with Crippen LogP contribution < -0.4 is 0 Å². The zero-order chi connectivity index (χ0) is 7.68. The third kappa shape index (κ3) is 1.11. The van der Waals surface area contributed by atoms with Gasteiger partial charge in [-0.25, -0.2) is 0 Å². The van der Waals surface area contributed by atoms with Gasteiger partial charge in [0, 0.05) is 13.1 Å². The van der Waals surface area contributed by atoms with Crippen molar-refractivity contribution in [2.24, 2.45) is 0 Å². The van der Waals surface area contributed by atoms with Crippen LogP contribution in [0, 0.1) is 0 Å². The molecule has 0 aromatic carbocycles. The molecule has 0 spiro atoms. The predicted octanol–water partition coefficient (Wildman–Crippen LogP) is 0.384. The van der Waals surface area contributed by atoms with Crippen molar-refractivity contribution in [1.82, 2.24) is 14.5 Å². The molecule has 1 aliphatic rings. The summed E-state index contributed by atoms with van der Waals surface area (Å²) >= 11 is 1.16. The summed E-state index contributed by atoms with van der Waals surface area (Å²) in [6.07, 6.45) is 2.64. The normalized spacial score (nSPS) is 16.2. The number of rotatable bonds is 1. The van der Waals surface area contributed by atoms with Gasteiger partial charge in [-0.3, -0.25) is 4.79 Å². The number of likely N-dealkylation sites (tertiary alicyclic amines) is 1. The molecule has 0 bridgehead atoms. The molecule has 0 aliphatic carbocycles. The second-order valence-electron chi connectivity index (χ2n) is 2.43. The van der Waals surface area contributed by atoms with E-state index in [1.54, 1.807) is 4.90 Å². The Hall–Kier alpha value is -0.970. The SMILES string of the molecule is O=C(c1cnns1)N1CCC1. The van der Waals surface area contributed by atoms with Crippen LogP contribution in [0.15, 0.2) is 6.20 Å². The summed E-state index contributed by atoms with van der Waals surface area (Å²) in [5.41, 5.74) is 0. The Morgan fingerprint density at radius 3 is 2.91 bits per heavy atom. The minimum Gasteiger partial charge on any atom is -0.338 e. The summed E-state index contributed by atoms with van der Waals surface area (Å²) in [5, 5.41) is 3.61. The molecule has 1 aromatic heterocycles. The van der Waals surface area contributed by atoms with E-state index in [-0.39, 0.29) is 5.91 Å². The van der Waals surface area contributed by atoms with E-state index in [1.165, 1.54) is 6.20 Å². The summed E-state index contributed by atoms with van der Waals surface area (Å²) in [7, 11) is 0. The standard InChI is InChI=1S/C6H7N3OS/c10-6(9-2-1-3-9)5-4-7-8-11-5/h4H,1-3H2. The van der Waals surface area contributed by atoms with Crippen molar-refractivity contribution in [3.05, 3.63) is 11.1 Å². The van der Waals surface area contributed by atoms with Gasteiger partial charge < -0.3 is 4.90 Å². The van der Waals surface area contributed by atoms with Crippen LogP contribution in [0.25, 0.3) is 0 Å². The Bertz CT molecular complexity index is 255. The summed E-state index contributed by atoms with van der Waals surface area (Å²) in [6.45, 7) is 1.77. The van der Waals surface area contributed by atoms with E-state index in [0.717, 1.165) is 31.0 Å². The lowest BCUT2D eigenvalue weighted by Crippen LogP contribution is -2.41. The van der Waals surface area contributed by atoms with Gasteiger partial charge in [0.1, 0.15) is 4.88 Å². The summed E-state index contributed by atoms with van der Waals surface area (Å²) < 4.78 is 3.63. The van der Waals surface area contributed by atoms with E-state index >= 15 is 0 Å². The number of carbonyl (C=O) groups excluding carboxylic acids is 1. The van der Waals surface area contributed by atoms with Crippen LogP contribution in [-0.2, 0) is 0 Å². The van der Waals surface area contributed by atoms with Crippen LogP contribution in [-0.4, -0.2) is 33.5 Å². The van der Waals surface area contributed by atoms with Crippen molar-refractivity contribution >= 4 is 17.4 Å². The molecule has 11 heavy (non-hydrogen) atoms. The van der Waals surface area contributed by atoms with Crippen molar-refractivity contribution in [2.75, 3.05) is 13.1 Å². The fourth-order valence-electron chi connectivity index (χ4n) is 0.937. The maximum Gasteiger partial charge on any atom is 0.267 e. The molecule has 4 nitrogen and oxygen atoms in total. The lowest BCUT2D eigenvalue weighted by molar-refractivity contribution is 0.0656. The van der Waals surface area contributed by atoms with Crippen LogP contribution in [0.1, 0.15) is 16.1 Å². The molecule has 5 heteroatoms. The first-order valence-electron chi connectivity index (χ1n) is 3.44. The molecule has 1 aliphatic heterocycles. The number of nitrogens with zero attached hydrogens (tertiary/aromatic N) is 3. The molecule has 1 fully saturated rings. The van der Waals surface area contributed by atoms with Crippen molar-refractivity contribution in [3.63, 3.8) is 0 Å². The van der Waals surface area contributed by atoms with E-state index in [9.17, 15) is 4.79 Å². The summed E-state index contributed by atoms with van der Waals surface area (Å²) in [6, 6.07) is 0. The maximum atomic E-state index is 11.3. The highest BCUT2D eigenvalue weighted by Crippen LogP contribution is 2.13. The Morgan fingerprint density at radius 1 is 1.64 bits per heavy atom. The molecule has 1 aromatic rings. The number of hydrogen-bond donors (Lipinski definition) is 0. The van der Waals surface area contributed by atoms with Gasteiger partial charge in [-0.1, -0.05) is 4.49 Å². The topological polar surface area (TPSA) is 46.1 Å². The van der Waals surface area contributed by atoms with Gasteiger partial charge in [0.05, 0.1) is 6.20 Å². The van der Waals surface area contributed by atoms with E-state index in [1.807, 2.05) is 0 Å². The Morgan fingerprint density at radius 2 is 2.45 bits per heavy atom. The van der Waals surface area contributed by atoms with Gasteiger partial charge in [-0.05, 0) is 18.0 Å². The maximum absolute atomic E-state index is 11.3. The molecule has 1 amide bonds. The van der Waals surface area contributed by atoms with Gasteiger partial charge in [0.25, 0.3) is 5.91 Å². The fraction of sp³-hybridized carbons (Fsp3) is 0.500. The minimum absolute atomic E-state index is 0.0752. The van der Waals surface area contributed by atoms with Crippen molar-refractivity contribution in [2.45, 2.75) is 6.42 Å². The number of aromatic nitrogens is 2. The average molecular weight is 169 g/mol. The van der Waals surface area contributed by atoms with Gasteiger partial charge in [-0.2, -0.15) is 0 Å². The van der Waals surface area contributed by atoms with Crippen LogP contribution in [0.4, 0.5) is 0 Å². The number of hydrogen-bond acceptors (Lipinski definition) is 4. The van der Waals surface area contributed by atoms with Gasteiger partial charge in [0.15, 0.2) is 0 Å². The first kappa shape index (κ1) is 6.72. The largest absolute Gasteiger partial charge is 0.338 e.